The summed E-state index contributed by atoms with van der Waals surface area (Å²) in [5, 5.41) is 10.1. The van der Waals surface area contributed by atoms with Crippen molar-refractivity contribution in [1.82, 2.24) is 0 Å². The van der Waals surface area contributed by atoms with Gasteiger partial charge in [-0.05, 0) is 12.1 Å². The van der Waals surface area contributed by atoms with Gasteiger partial charge in [0.1, 0.15) is 0 Å². The molecule has 0 saturated carbocycles. The van der Waals surface area contributed by atoms with E-state index in [1.165, 1.54) is 0 Å². The molecule has 2 nitrogen and oxygen atoms in total. The average molecular weight is 180 g/mol. The predicted molar refractivity (Wildman–Crippen MR) is 38.5 cm³/mol. The van der Waals surface area contributed by atoms with Gasteiger partial charge in [0, 0.05) is 0 Å². The molecule has 0 amide bonds. The molecule has 0 aliphatic heterocycles. The Hall–Kier alpha value is 0.876. The Labute approximate surface area is 110 Å². The molecular formula is C8H13KO2. The smallest absolute Gasteiger partial charge is 0.850 e. The van der Waals surface area contributed by atoms with E-state index in [2.05, 4.69) is 4.42 Å². The van der Waals surface area contributed by atoms with Crippen LogP contribution in [0.2, 0.25) is 0 Å². The van der Waals surface area contributed by atoms with Gasteiger partial charge in [-0.15, -0.1) is 5.60 Å². The summed E-state index contributed by atoms with van der Waals surface area (Å²) in [6.45, 7) is 4.90. The minimum atomic E-state index is -0.750. The summed E-state index contributed by atoms with van der Waals surface area (Å²) in [6, 6.07) is 3.67. The van der Waals surface area contributed by atoms with Gasteiger partial charge in [-0.3, -0.25) is 0 Å². The molecule has 1 aromatic rings. The molecule has 1 heterocycles. The normalized spacial score (nSPS) is 9.09. The quantitative estimate of drug-likeness (QED) is 0.452. The number of rotatable bonds is 0. The number of furan rings is 1. The molecule has 0 radical (unpaired) electrons. The van der Waals surface area contributed by atoms with Gasteiger partial charge in [-0.25, -0.2) is 0 Å². The summed E-state index contributed by atoms with van der Waals surface area (Å²) in [5.41, 5.74) is -0.750. The van der Waals surface area contributed by atoms with Gasteiger partial charge in [0.25, 0.3) is 0 Å². The molecule has 1 aromatic heterocycles. The second kappa shape index (κ2) is 7.52. The number of hydrogen-bond donors (Lipinski definition) is 0. The van der Waals surface area contributed by atoms with Crippen molar-refractivity contribution < 1.29 is 60.9 Å². The SMILES string of the molecule is CC(C)(C)[O-].[K+].c1ccoc1. The van der Waals surface area contributed by atoms with Gasteiger partial charge in [0.05, 0.1) is 12.5 Å². The van der Waals surface area contributed by atoms with Gasteiger partial charge in [0.2, 0.25) is 0 Å². The Morgan fingerprint density at radius 3 is 1.45 bits per heavy atom. The van der Waals surface area contributed by atoms with Crippen molar-refractivity contribution in [2.45, 2.75) is 26.4 Å². The maximum Gasteiger partial charge on any atom is 1.00 e. The summed E-state index contributed by atoms with van der Waals surface area (Å²) < 4.78 is 4.58. The van der Waals surface area contributed by atoms with Crippen LogP contribution in [0.5, 0.6) is 0 Å². The Bertz CT molecular complexity index is 118. The molecule has 0 bridgehead atoms. The molecule has 0 aromatic carbocycles. The van der Waals surface area contributed by atoms with Crippen LogP contribution in [-0.4, -0.2) is 5.60 Å². The van der Waals surface area contributed by atoms with Crippen LogP contribution in [0.3, 0.4) is 0 Å². The van der Waals surface area contributed by atoms with Gasteiger partial charge >= 0.3 is 51.4 Å². The van der Waals surface area contributed by atoms with E-state index in [0.717, 1.165) is 0 Å². The summed E-state index contributed by atoms with van der Waals surface area (Å²) in [4.78, 5) is 0. The van der Waals surface area contributed by atoms with E-state index >= 15 is 0 Å². The first kappa shape index (κ1) is 14.4. The Morgan fingerprint density at radius 2 is 1.36 bits per heavy atom. The Morgan fingerprint density at radius 1 is 1.09 bits per heavy atom. The maximum absolute atomic E-state index is 10.1. The van der Waals surface area contributed by atoms with Crippen LogP contribution in [-0.2, 0) is 0 Å². The van der Waals surface area contributed by atoms with Crippen LogP contribution in [0.25, 0.3) is 0 Å². The molecule has 0 aliphatic rings. The summed E-state index contributed by atoms with van der Waals surface area (Å²) in [7, 11) is 0. The molecule has 0 atom stereocenters. The second-order valence-corrected chi connectivity index (χ2v) is 2.91. The van der Waals surface area contributed by atoms with Gasteiger partial charge in [-0.2, -0.15) is 0 Å². The Balaban J connectivity index is 0. The van der Waals surface area contributed by atoms with E-state index in [1.54, 1.807) is 33.3 Å². The zero-order chi connectivity index (χ0) is 8.04. The molecule has 0 N–H and O–H groups in total. The molecule has 0 spiro atoms. The van der Waals surface area contributed by atoms with E-state index in [0.29, 0.717) is 0 Å². The third-order valence-corrected chi connectivity index (χ3v) is 0.425. The topological polar surface area (TPSA) is 36.2 Å². The molecule has 3 heteroatoms. The predicted octanol–water partition coefficient (Wildman–Crippen LogP) is -1.57. The Kier molecular flexibility index (Phi) is 9.85. The van der Waals surface area contributed by atoms with Crippen LogP contribution >= 0.6 is 0 Å². The fourth-order valence-electron chi connectivity index (χ4n) is 0.227. The average Bonchev–Trinajstić information content (AvgIpc) is 2.07. The van der Waals surface area contributed by atoms with Crippen molar-refractivity contribution in [3.05, 3.63) is 24.7 Å². The fraction of sp³-hybridized carbons (Fsp3) is 0.500. The molecular weight excluding hydrogens is 167 g/mol. The maximum atomic E-state index is 10.1. The summed E-state index contributed by atoms with van der Waals surface area (Å²) in [5.74, 6) is 0. The van der Waals surface area contributed by atoms with Gasteiger partial charge < -0.3 is 9.52 Å². The minimum absolute atomic E-state index is 0. The van der Waals surface area contributed by atoms with Crippen LogP contribution in [0.15, 0.2) is 29.1 Å². The first-order valence-electron chi connectivity index (χ1n) is 3.18. The largest absolute Gasteiger partial charge is 1.00 e. The minimum Gasteiger partial charge on any atom is -0.850 e. The zero-order valence-corrected chi connectivity index (χ0v) is 10.7. The monoisotopic (exact) mass is 180 g/mol. The van der Waals surface area contributed by atoms with E-state index in [9.17, 15) is 5.11 Å². The molecule has 0 aliphatic carbocycles. The van der Waals surface area contributed by atoms with Crippen molar-refractivity contribution in [3.63, 3.8) is 0 Å². The molecule has 1 rings (SSSR count). The molecule has 11 heavy (non-hydrogen) atoms. The van der Waals surface area contributed by atoms with Crippen molar-refractivity contribution in [2.24, 2.45) is 0 Å². The van der Waals surface area contributed by atoms with Crippen molar-refractivity contribution in [3.8, 4) is 0 Å². The van der Waals surface area contributed by atoms with Crippen LogP contribution < -0.4 is 56.5 Å². The molecule has 0 saturated heterocycles. The first-order chi connectivity index (χ1) is 4.50. The van der Waals surface area contributed by atoms with Crippen molar-refractivity contribution in [1.29, 1.82) is 0 Å². The van der Waals surface area contributed by atoms with Crippen molar-refractivity contribution in [2.75, 3.05) is 0 Å². The van der Waals surface area contributed by atoms with Gasteiger partial charge in [0.15, 0.2) is 0 Å². The van der Waals surface area contributed by atoms with E-state index < -0.39 is 5.60 Å². The third-order valence-electron chi connectivity index (χ3n) is 0.425. The first-order valence-corrected chi connectivity index (χ1v) is 3.18. The van der Waals surface area contributed by atoms with E-state index in [-0.39, 0.29) is 51.4 Å². The van der Waals surface area contributed by atoms with E-state index in [1.807, 2.05) is 12.1 Å². The van der Waals surface area contributed by atoms with Crippen molar-refractivity contribution >= 4 is 0 Å². The molecule has 0 fully saturated rings. The molecule has 58 valence electrons. The van der Waals surface area contributed by atoms with E-state index in [4.69, 9.17) is 0 Å². The van der Waals surface area contributed by atoms with Crippen LogP contribution in [0.4, 0.5) is 0 Å². The fourth-order valence-corrected chi connectivity index (χ4v) is 0.227. The second-order valence-electron chi connectivity index (χ2n) is 2.91. The number of hydrogen-bond acceptors (Lipinski definition) is 2. The van der Waals surface area contributed by atoms with Crippen LogP contribution in [0, 0.1) is 0 Å². The summed E-state index contributed by atoms with van der Waals surface area (Å²) in [6.07, 6.45) is 3.25. The van der Waals surface area contributed by atoms with Gasteiger partial charge in [-0.1, -0.05) is 20.8 Å². The van der Waals surface area contributed by atoms with Crippen LogP contribution in [0.1, 0.15) is 20.8 Å². The molecule has 0 unspecified atom stereocenters. The summed E-state index contributed by atoms with van der Waals surface area (Å²) >= 11 is 0. The third kappa shape index (κ3) is 24.8. The standard InChI is InChI=1S/C4H4O.C4H9O.K/c1-2-4-5-3-1;1-4(2,3)5;/h1-4H;1-3H3;/q;-1;+1. The zero-order valence-electron chi connectivity index (χ0n) is 7.63.